The number of benzene rings is 4. The minimum atomic E-state index is -5.32. The van der Waals surface area contributed by atoms with E-state index < -0.39 is 135 Å². The Labute approximate surface area is 422 Å². The minimum Gasteiger partial charge on any atom is -0.365 e. The molecule has 2 aromatic heterocycles. The first kappa shape index (κ1) is 55.8. The zero-order chi connectivity index (χ0) is 55.9. The number of pyridine rings is 2. The molecule has 6 amide bonds. The number of nitrogens with one attached hydrogen (secondary N) is 8. The van der Waals surface area contributed by atoms with Gasteiger partial charge in [-0.3, -0.25) is 59.9 Å². The number of alkyl halides is 6. The summed E-state index contributed by atoms with van der Waals surface area (Å²) in [4.78, 5) is 70.5. The second-order valence-corrected chi connectivity index (χ2v) is 18.8. The van der Waals surface area contributed by atoms with Crippen molar-refractivity contribution in [3.8, 4) is 0 Å². The molecule has 0 spiro atoms. The number of nitrogens with zero attached hydrogens (tertiary/aromatic N) is 2. The Hall–Kier alpha value is -9.46. The summed E-state index contributed by atoms with van der Waals surface area (Å²) in [5.74, 6) is -9.37. The van der Waals surface area contributed by atoms with E-state index in [2.05, 4.69) is 10.6 Å². The molecule has 4 aromatic carbocycles. The summed E-state index contributed by atoms with van der Waals surface area (Å²) < 4.78 is 174. The van der Waals surface area contributed by atoms with Crippen LogP contribution in [0.15, 0.2) is 132 Å². The van der Waals surface area contributed by atoms with Gasteiger partial charge in [0.1, 0.15) is 27.7 Å². The van der Waals surface area contributed by atoms with Gasteiger partial charge in [-0.05, 0) is 78.9 Å². The van der Waals surface area contributed by atoms with Gasteiger partial charge in [-0.2, -0.15) is 35.5 Å². The number of halogens is 8. The lowest BCUT2D eigenvalue weighted by Gasteiger charge is -2.17. The summed E-state index contributed by atoms with van der Waals surface area (Å²) in [6.07, 6.45) is -5.32. The van der Waals surface area contributed by atoms with Crippen molar-refractivity contribution in [1.29, 1.82) is 0 Å². The molecule has 0 aliphatic heterocycles. The van der Waals surface area contributed by atoms with Gasteiger partial charge in [0.05, 0.1) is 33.1 Å². The summed E-state index contributed by atoms with van der Waals surface area (Å²) in [7, 11) is -10.1. The molecule has 6 rings (SSSR count). The summed E-state index contributed by atoms with van der Waals surface area (Å²) in [6.45, 7) is -0.868. The molecule has 0 aliphatic carbocycles. The largest absolute Gasteiger partial charge is 0.418 e. The number of carbonyl (C=O) groups is 6. The van der Waals surface area contributed by atoms with Crippen LogP contribution in [0.25, 0.3) is 0 Å². The number of hydrogen-bond donors (Lipinski definition) is 10. The van der Waals surface area contributed by atoms with Crippen molar-refractivity contribution in [2.24, 2.45) is 11.5 Å². The number of carbonyl (C=O) groups excluding carboxylic acids is 6. The fourth-order valence-electron chi connectivity index (χ4n) is 6.54. The highest BCUT2D eigenvalue weighted by molar-refractivity contribution is 7.93. The number of rotatable bonds is 18. The molecule has 0 unspecified atom stereocenters. The Morgan fingerprint density at radius 1 is 0.500 bits per heavy atom. The van der Waals surface area contributed by atoms with Gasteiger partial charge in [-0.1, -0.05) is 0 Å². The van der Waals surface area contributed by atoms with Crippen molar-refractivity contribution in [2.45, 2.75) is 35.2 Å². The zero-order valence-corrected chi connectivity index (χ0v) is 39.6. The number of sulfonamides is 2. The second kappa shape index (κ2) is 22.3. The molecule has 0 bridgehead atoms. The van der Waals surface area contributed by atoms with Crippen LogP contribution in [0, 0.1) is 11.6 Å². The molecular weight excluding hydrogens is 1070 g/mol. The lowest BCUT2D eigenvalue weighted by molar-refractivity contribution is -0.684. The van der Waals surface area contributed by atoms with Gasteiger partial charge in [0, 0.05) is 35.3 Å². The number of hydrogen-bond acceptors (Lipinski definition) is 12. The molecule has 0 aliphatic rings. The minimum absolute atomic E-state index is 0.0266. The van der Waals surface area contributed by atoms with Crippen LogP contribution in [0.1, 0.15) is 31.8 Å². The normalized spacial score (nSPS) is 11.6. The smallest absolute Gasteiger partial charge is 0.365 e. The maximum absolute atomic E-state index is 15.1. The van der Waals surface area contributed by atoms with Gasteiger partial charge in [-0.15, -0.1) is 0 Å². The molecule has 2 heterocycles. The molecule has 0 saturated carbocycles. The fourth-order valence-corrected chi connectivity index (χ4v) is 8.91. The third-order valence-electron chi connectivity index (χ3n) is 9.93. The number of anilines is 6. The highest BCUT2D eigenvalue weighted by Gasteiger charge is 2.38. The van der Waals surface area contributed by atoms with Crippen LogP contribution in [-0.2, 0) is 64.7 Å². The highest BCUT2D eigenvalue weighted by atomic mass is 32.2. The first-order valence-electron chi connectivity index (χ1n) is 20.9. The van der Waals surface area contributed by atoms with Crippen LogP contribution in [0.2, 0.25) is 0 Å². The molecule has 6 aromatic rings. The maximum atomic E-state index is 15.1. The van der Waals surface area contributed by atoms with E-state index in [1.54, 1.807) is 20.3 Å². The van der Waals surface area contributed by atoms with Crippen molar-refractivity contribution in [1.82, 2.24) is 10.9 Å². The van der Waals surface area contributed by atoms with Crippen LogP contribution < -0.4 is 62.4 Å². The number of amides is 6. The average molecular weight is 1110 g/mol. The van der Waals surface area contributed by atoms with Gasteiger partial charge in [0.2, 0.25) is 13.1 Å². The number of primary amides is 2. The number of aromatic nitrogens is 2. The summed E-state index contributed by atoms with van der Waals surface area (Å²) >= 11 is 0. The van der Waals surface area contributed by atoms with E-state index in [1.807, 2.05) is 10.9 Å². The van der Waals surface area contributed by atoms with Gasteiger partial charge in [-0.25, -0.2) is 25.6 Å². The standard InChI is InChI=1S/C44H34F8N12O10S2/c45-31-18-28(62-75(71,72)35-11-7-25(15-30(35)44(50,51)52)55-37(65)21-63-13-1-3-23(19-63)39(53)67)6-10-34(31)58-60-42(70)41(69)59-57-33-9-5-27(16-29(33)43(47,48)49)61-76(73,74)36-12-8-26(17-32(36)46)56-38(66)22-64-14-2-4-24(20-64)40(54)68/h1-20H,21-22H2,(H10-2,53,54,55,56,57,58,59,60,61,62,65,66,67,68,69,70)/p+2. The van der Waals surface area contributed by atoms with E-state index in [0.717, 1.165) is 30.3 Å². The Kier molecular flexibility index (Phi) is 16.4. The summed E-state index contributed by atoms with van der Waals surface area (Å²) in [5, 5.41) is 4.49. The highest BCUT2D eigenvalue weighted by Crippen LogP contribution is 2.38. The van der Waals surface area contributed by atoms with Gasteiger partial charge >= 0.3 is 24.2 Å². The van der Waals surface area contributed by atoms with Crippen molar-refractivity contribution in [2.75, 3.05) is 30.9 Å². The Morgan fingerprint density at radius 2 is 0.908 bits per heavy atom. The van der Waals surface area contributed by atoms with Crippen molar-refractivity contribution >= 4 is 89.6 Å². The molecule has 0 atom stereocenters. The predicted molar refractivity (Wildman–Crippen MR) is 248 cm³/mol. The number of nitrogens with two attached hydrogens (primary N) is 2. The van der Waals surface area contributed by atoms with Crippen LogP contribution in [0.3, 0.4) is 0 Å². The van der Waals surface area contributed by atoms with Crippen molar-refractivity contribution in [3.63, 3.8) is 0 Å². The monoisotopic (exact) mass is 1110 g/mol. The van der Waals surface area contributed by atoms with E-state index in [0.29, 0.717) is 36.4 Å². The fraction of sp³-hybridized carbons (Fsp3) is 0.0909. The molecule has 76 heavy (non-hydrogen) atoms. The van der Waals surface area contributed by atoms with E-state index >= 15 is 8.78 Å². The zero-order valence-electron chi connectivity index (χ0n) is 37.9. The Bertz CT molecular complexity index is 3550. The lowest BCUT2D eigenvalue weighted by atomic mass is 10.1. The second-order valence-electron chi connectivity index (χ2n) is 15.5. The van der Waals surface area contributed by atoms with E-state index in [-0.39, 0.29) is 29.4 Å². The molecule has 0 radical (unpaired) electrons. The first-order chi connectivity index (χ1) is 35.5. The van der Waals surface area contributed by atoms with Crippen LogP contribution in [-0.4, -0.2) is 52.3 Å². The van der Waals surface area contributed by atoms with Crippen LogP contribution in [0.5, 0.6) is 0 Å². The molecule has 398 valence electrons. The van der Waals surface area contributed by atoms with Gasteiger partial charge in [0.25, 0.3) is 43.7 Å². The average Bonchev–Trinajstić information content (AvgIpc) is 3.32. The third kappa shape index (κ3) is 14.4. The lowest BCUT2D eigenvalue weighted by Crippen LogP contribution is -2.44. The molecule has 32 heteroatoms. The van der Waals surface area contributed by atoms with Gasteiger partial charge in [0.15, 0.2) is 24.8 Å². The molecule has 22 nitrogen and oxygen atoms in total. The van der Waals surface area contributed by atoms with E-state index in [1.165, 1.54) is 58.2 Å². The topological polar surface area (TPSA) is 327 Å². The maximum Gasteiger partial charge on any atom is 0.418 e. The van der Waals surface area contributed by atoms with E-state index in [4.69, 9.17) is 11.5 Å². The molecular formula is C44H36F8N12O10S2+2. The molecule has 0 fully saturated rings. The first-order valence-corrected chi connectivity index (χ1v) is 23.8. The number of hydrazine groups is 2. The Morgan fingerprint density at radius 3 is 1.38 bits per heavy atom. The van der Waals surface area contributed by atoms with Crippen molar-refractivity contribution < 1.29 is 89.9 Å². The van der Waals surface area contributed by atoms with Crippen LogP contribution in [0.4, 0.5) is 69.2 Å². The van der Waals surface area contributed by atoms with Crippen molar-refractivity contribution in [3.05, 3.63) is 156 Å². The summed E-state index contributed by atoms with van der Waals surface area (Å²) in [5.41, 5.74) is 10.5. The molecule has 0 saturated heterocycles. The quantitative estimate of drug-likeness (QED) is 0.0257. The molecule has 12 N–H and O–H groups in total. The van der Waals surface area contributed by atoms with Gasteiger partial charge < -0.3 is 22.1 Å². The predicted octanol–water partition coefficient (Wildman–Crippen LogP) is 3.24. The van der Waals surface area contributed by atoms with Crippen LogP contribution >= 0.6 is 0 Å². The Balaban J connectivity index is 1.04. The van der Waals surface area contributed by atoms with E-state index in [9.17, 15) is 71.9 Å². The third-order valence-corrected chi connectivity index (χ3v) is 12.8. The SMILES string of the molecule is NC(=O)c1ccc[n+](CC(=O)Nc2ccc(S(=O)(=O)Nc3ccc(NNC(=O)C(=O)NNc4ccc(NS(=O)(=O)c5ccc(NC(=O)C[n+]6cccc(C(N)=O)c6)cc5C(F)(F)F)cc4F)c(C(F)(F)F)c3)c(F)c2)c1. The summed E-state index contributed by atoms with van der Waals surface area (Å²) in [6, 6.07) is 13.2.